The molecule has 0 atom stereocenters. The number of nitriles is 2. The van der Waals surface area contributed by atoms with Crippen LogP contribution in [0.5, 0.6) is 5.75 Å². The number of ether oxygens (including phenoxy) is 1. The molecule has 1 aromatic heterocycles. The number of rotatable bonds is 4. The predicted octanol–water partition coefficient (Wildman–Crippen LogP) is 0.232. The number of aromatic amines is 1. The monoisotopic (exact) mass is 309 g/mol. The van der Waals surface area contributed by atoms with Crippen LogP contribution < -0.4 is 21.8 Å². The molecular formula is C15H11N5O3. The van der Waals surface area contributed by atoms with Crippen molar-refractivity contribution >= 4 is 11.7 Å². The number of nitrogens with zero attached hydrogens (tertiary/aromatic N) is 2. The maximum absolute atomic E-state index is 11.9. The Bertz CT molecular complexity index is 918. The van der Waals surface area contributed by atoms with E-state index in [1.54, 1.807) is 24.3 Å². The second-order valence-corrected chi connectivity index (χ2v) is 4.50. The van der Waals surface area contributed by atoms with E-state index in [9.17, 15) is 20.1 Å². The molecule has 8 nitrogen and oxygen atoms in total. The molecule has 0 aliphatic carbocycles. The molecule has 1 heterocycles. The van der Waals surface area contributed by atoms with Crippen molar-refractivity contribution in [3.8, 4) is 29.0 Å². The molecule has 1 amide bonds. The highest BCUT2D eigenvalue weighted by molar-refractivity contribution is 5.80. The Labute approximate surface area is 130 Å². The van der Waals surface area contributed by atoms with Crippen molar-refractivity contribution in [3.63, 3.8) is 0 Å². The van der Waals surface area contributed by atoms with Gasteiger partial charge in [-0.3, -0.25) is 9.59 Å². The van der Waals surface area contributed by atoms with E-state index in [4.69, 9.17) is 16.2 Å². The zero-order valence-corrected chi connectivity index (χ0v) is 11.8. The fourth-order valence-corrected chi connectivity index (χ4v) is 2.03. The lowest BCUT2D eigenvalue weighted by molar-refractivity contribution is -0.119. The number of hydrogen-bond donors (Lipinski definition) is 3. The van der Waals surface area contributed by atoms with Crippen LogP contribution in [0.25, 0.3) is 11.1 Å². The van der Waals surface area contributed by atoms with Crippen LogP contribution >= 0.6 is 0 Å². The number of amides is 1. The van der Waals surface area contributed by atoms with Gasteiger partial charge < -0.3 is 21.2 Å². The molecule has 0 fully saturated rings. The number of nitrogen functional groups attached to an aromatic ring is 1. The lowest BCUT2D eigenvalue weighted by atomic mass is 9.96. The van der Waals surface area contributed by atoms with Crippen LogP contribution in [0.2, 0.25) is 0 Å². The van der Waals surface area contributed by atoms with E-state index in [1.807, 2.05) is 6.07 Å². The molecule has 0 saturated carbocycles. The van der Waals surface area contributed by atoms with E-state index in [-0.39, 0.29) is 29.1 Å². The van der Waals surface area contributed by atoms with Crippen LogP contribution in [-0.2, 0) is 4.79 Å². The summed E-state index contributed by atoms with van der Waals surface area (Å²) in [4.78, 5) is 24.9. The molecule has 5 N–H and O–H groups in total. The third-order valence-electron chi connectivity index (χ3n) is 2.97. The van der Waals surface area contributed by atoms with Gasteiger partial charge in [0.25, 0.3) is 11.5 Å². The van der Waals surface area contributed by atoms with E-state index < -0.39 is 11.5 Å². The number of anilines is 1. The van der Waals surface area contributed by atoms with E-state index in [1.165, 1.54) is 6.07 Å². The zero-order chi connectivity index (χ0) is 17.0. The van der Waals surface area contributed by atoms with Crippen LogP contribution in [0.3, 0.4) is 0 Å². The SMILES string of the molecule is N#Cc1c(N)[nH]c(=O)c(C#N)c1-c1cccc(OCC(N)=O)c1. The van der Waals surface area contributed by atoms with Gasteiger partial charge in [-0.1, -0.05) is 12.1 Å². The van der Waals surface area contributed by atoms with Crippen molar-refractivity contribution in [3.05, 3.63) is 45.7 Å². The van der Waals surface area contributed by atoms with E-state index in [0.29, 0.717) is 11.3 Å². The van der Waals surface area contributed by atoms with Gasteiger partial charge in [0.1, 0.15) is 34.8 Å². The fraction of sp³-hybridized carbons (Fsp3) is 0.0667. The first-order valence-corrected chi connectivity index (χ1v) is 6.35. The highest BCUT2D eigenvalue weighted by Crippen LogP contribution is 2.30. The van der Waals surface area contributed by atoms with Crippen LogP contribution in [0, 0.1) is 22.7 Å². The molecular weight excluding hydrogens is 298 g/mol. The highest BCUT2D eigenvalue weighted by Gasteiger charge is 2.18. The Hall–Kier alpha value is -3.78. The van der Waals surface area contributed by atoms with Crippen LogP contribution in [0.15, 0.2) is 29.1 Å². The molecule has 23 heavy (non-hydrogen) atoms. The normalized spacial score (nSPS) is 9.65. The van der Waals surface area contributed by atoms with Crippen molar-refractivity contribution in [2.24, 2.45) is 5.73 Å². The molecule has 0 unspecified atom stereocenters. The van der Waals surface area contributed by atoms with Crippen molar-refractivity contribution in [1.29, 1.82) is 10.5 Å². The maximum Gasteiger partial charge on any atom is 0.268 e. The van der Waals surface area contributed by atoms with Gasteiger partial charge in [-0.15, -0.1) is 0 Å². The first kappa shape index (κ1) is 15.6. The predicted molar refractivity (Wildman–Crippen MR) is 81.0 cm³/mol. The molecule has 0 bridgehead atoms. The third kappa shape index (κ3) is 3.12. The number of nitrogens with two attached hydrogens (primary N) is 2. The zero-order valence-electron chi connectivity index (χ0n) is 11.8. The van der Waals surface area contributed by atoms with E-state index in [0.717, 1.165) is 0 Å². The third-order valence-corrected chi connectivity index (χ3v) is 2.97. The molecule has 2 rings (SSSR count). The number of carbonyl (C=O) groups is 1. The van der Waals surface area contributed by atoms with Gasteiger partial charge in [0.15, 0.2) is 6.61 Å². The van der Waals surface area contributed by atoms with Crippen molar-refractivity contribution in [2.75, 3.05) is 12.3 Å². The highest BCUT2D eigenvalue weighted by atomic mass is 16.5. The molecule has 2 aromatic rings. The van der Waals surface area contributed by atoms with Crippen molar-refractivity contribution in [1.82, 2.24) is 4.98 Å². The fourth-order valence-electron chi connectivity index (χ4n) is 2.03. The summed E-state index contributed by atoms with van der Waals surface area (Å²) in [6, 6.07) is 9.88. The maximum atomic E-state index is 11.9. The molecule has 0 saturated heterocycles. The van der Waals surface area contributed by atoms with Crippen LogP contribution in [-0.4, -0.2) is 17.5 Å². The second-order valence-electron chi connectivity index (χ2n) is 4.50. The van der Waals surface area contributed by atoms with Gasteiger partial charge >= 0.3 is 0 Å². The summed E-state index contributed by atoms with van der Waals surface area (Å²) in [6.45, 7) is -0.322. The topological polar surface area (TPSA) is 159 Å². The van der Waals surface area contributed by atoms with Crippen LogP contribution in [0.4, 0.5) is 5.82 Å². The van der Waals surface area contributed by atoms with Gasteiger partial charge in [-0.05, 0) is 17.7 Å². The number of aromatic nitrogens is 1. The van der Waals surface area contributed by atoms with Gasteiger partial charge in [-0.2, -0.15) is 10.5 Å². The minimum absolute atomic E-state index is 0.0202. The first-order chi connectivity index (χ1) is 11.0. The summed E-state index contributed by atoms with van der Waals surface area (Å²) in [5.74, 6) is -0.478. The molecule has 0 spiro atoms. The Kier molecular flexibility index (Phi) is 4.29. The Morgan fingerprint density at radius 2 is 1.96 bits per heavy atom. The molecule has 0 aliphatic heterocycles. The quantitative estimate of drug-likeness (QED) is 0.733. The standard InChI is InChI=1S/C15H11N5O3/c16-5-10-13(11(6-17)15(22)20-14(10)19)8-2-1-3-9(4-8)23-7-12(18)21/h1-4H,7H2,(H2,18,21)(H3,19,20,22). The summed E-state index contributed by atoms with van der Waals surface area (Å²) < 4.78 is 5.18. The number of carbonyl (C=O) groups excluding carboxylic acids is 1. The van der Waals surface area contributed by atoms with Gasteiger partial charge in [0.2, 0.25) is 0 Å². The molecule has 0 radical (unpaired) electrons. The molecule has 8 heteroatoms. The minimum Gasteiger partial charge on any atom is -0.484 e. The number of primary amides is 1. The summed E-state index contributed by atoms with van der Waals surface area (Å²) in [5.41, 5.74) is 10.2. The van der Waals surface area contributed by atoms with Crippen molar-refractivity contribution < 1.29 is 9.53 Å². The molecule has 0 aliphatic rings. The minimum atomic E-state index is -0.692. The number of hydrogen-bond acceptors (Lipinski definition) is 6. The lowest BCUT2D eigenvalue weighted by Crippen LogP contribution is -2.20. The average Bonchev–Trinajstić information content (AvgIpc) is 2.52. The second kappa shape index (κ2) is 6.33. The smallest absolute Gasteiger partial charge is 0.268 e. The Morgan fingerprint density at radius 3 is 2.57 bits per heavy atom. The van der Waals surface area contributed by atoms with Gasteiger partial charge in [0, 0.05) is 5.56 Å². The van der Waals surface area contributed by atoms with Gasteiger partial charge in [0.05, 0.1) is 0 Å². The van der Waals surface area contributed by atoms with Gasteiger partial charge in [-0.25, -0.2) is 0 Å². The number of benzene rings is 1. The lowest BCUT2D eigenvalue weighted by Gasteiger charge is -2.10. The number of H-pyrrole nitrogens is 1. The summed E-state index contributed by atoms with van der Waals surface area (Å²) >= 11 is 0. The van der Waals surface area contributed by atoms with E-state index >= 15 is 0 Å². The Morgan fingerprint density at radius 1 is 1.26 bits per heavy atom. The molecule has 1 aromatic carbocycles. The Balaban J connectivity index is 2.65. The van der Waals surface area contributed by atoms with Crippen molar-refractivity contribution in [2.45, 2.75) is 0 Å². The van der Waals surface area contributed by atoms with Crippen LogP contribution in [0.1, 0.15) is 11.1 Å². The average molecular weight is 309 g/mol. The summed E-state index contributed by atoms with van der Waals surface area (Å²) in [5, 5.41) is 18.5. The number of nitrogens with one attached hydrogen (secondary N) is 1. The van der Waals surface area contributed by atoms with E-state index in [2.05, 4.69) is 4.98 Å². The summed E-state index contributed by atoms with van der Waals surface area (Å²) in [7, 11) is 0. The molecule has 114 valence electrons. The number of pyridine rings is 1. The summed E-state index contributed by atoms with van der Waals surface area (Å²) in [6.07, 6.45) is 0. The largest absolute Gasteiger partial charge is 0.484 e. The first-order valence-electron chi connectivity index (χ1n) is 6.35.